The van der Waals surface area contributed by atoms with Crippen LogP contribution in [0.1, 0.15) is 15.9 Å². The van der Waals surface area contributed by atoms with Crippen LogP contribution in [-0.2, 0) is 0 Å². The molecule has 1 N–H and O–H groups in total. The van der Waals surface area contributed by atoms with E-state index in [1.807, 2.05) is 0 Å². The summed E-state index contributed by atoms with van der Waals surface area (Å²) in [7, 11) is 0. The Kier molecular flexibility index (Phi) is 3.97. The van der Waals surface area contributed by atoms with Crippen molar-refractivity contribution in [3.63, 3.8) is 0 Å². The molecule has 0 aliphatic rings. The summed E-state index contributed by atoms with van der Waals surface area (Å²) in [5, 5.41) is 2.39. The maximum Gasteiger partial charge on any atom is 0.259 e. The number of nitrogens with one attached hydrogen (secondary N) is 1. The van der Waals surface area contributed by atoms with Gasteiger partial charge in [-0.3, -0.25) is 4.79 Å². The highest BCUT2D eigenvalue weighted by atomic mass is 35.5. The van der Waals surface area contributed by atoms with Crippen molar-refractivity contribution in [2.24, 2.45) is 0 Å². The molecule has 2 rings (SSSR count). The van der Waals surface area contributed by atoms with E-state index in [4.69, 9.17) is 23.2 Å². The zero-order valence-electron chi connectivity index (χ0n) is 9.75. The van der Waals surface area contributed by atoms with Crippen molar-refractivity contribution in [2.75, 3.05) is 5.32 Å². The highest BCUT2D eigenvalue weighted by molar-refractivity contribution is 6.32. The lowest BCUT2D eigenvalue weighted by Crippen LogP contribution is -2.15. The van der Waals surface area contributed by atoms with Crippen LogP contribution in [0.4, 0.5) is 10.2 Å². The number of rotatable bonds is 2. The van der Waals surface area contributed by atoms with Crippen molar-refractivity contribution in [3.05, 3.63) is 51.6 Å². The Hall–Kier alpha value is -1.72. The predicted octanol–water partition coefficient (Wildman–Crippen LogP) is 3.48. The average Bonchev–Trinajstić information content (AvgIpc) is 2.31. The molecule has 0 aliphatic carbocycles. The first-order chi connectivity index (χ1) is 8.97. The van der Waals surface area contributed by atoms with Crippen LogP contribution in [0.25, 0.3) is 0 Å². The summed E-state index contributed by atoms with van der Waals surface area (Å²) in [5.41, 5.74) is 0.303. The largest absolute Gasteiger partial charge is 0.306 e. The van der Waals surface area contributed by atoms with Gasteiger partial charge in [-0.2, -0.15) is 0 Å². The normalized spacial score (nSPS) is 10.3. The van der Waals surface area contributed by atoms with Crippen LogP contribution in [0.2, 0.25) is 10.4 Å². The third kappa shape index (κ3) is 3.19. The van der Waals surface area contributed by atoms with Crippen LogP contribution in [0.5, 0.6) is 0 Å². The number of aromatic nitrogens is 2. The zero-order chi connectivity index (χ0) is 14.0. The molecular weight excluding hydrogens is 292 g/mol. The molecule has 1 amide bonds. The summed E-state index contributed by atoms with van der Waals surface area (Å²) >= 11 is 11.3. The third-order valence-corrected chi connectivity index (χ3v) is 2.71. The van der Waals surface area contributed by atoms with Crippen molar-refractivity contribution in [1.82, 2.24) is 9.97 Å². The van der Waals surface area contributed by atoms with Crippen LogP contribution < -0.4 is 5.32 Å². The predicted molar refractivity (Wildman–Crippen MR) is 71.1 cm³/mol. The Morgan fingerprint density at radius 1 is 1.32 bits per heavy atom. The summed E-state index contributed by atoms with van der Waals surface area (Å²) in [5.74, 6) is -1.10. The number of benzene rings is 1. The molecule has 0 aliphatic heterocycles. The summed E-state index contributed by atoms with van der Waals surface area (Å²) in [6.07, 6.45) is 0. The summed E-state index contributed by atoms with van der Waals surface area (Å²) in [6.45, 7) is 1.57. The fourth-order valence-electron chi connectivity index (χ4n) is 1.46. The van der Waals surface area contributed by atoms with Gasteiger partial charge < -0.3 is 5.32 Å². The highest BCUT2D eigenvalue weighted by Gasteiger charge is 2.14. The van der Waals surface area contributed by atoms with Crippen molar-refractivity contribution in [1.29, 1.82) is 0 Å². The maximum absolute atomic E-state index is 13.8. The first kappa shape index (κ1) is 13.7. The smallest absolute Gasteiger partial charge is 0.259 e. The number of hydrogen-bond donors (Lipinski definition) is 1. The van der Waals surface area contributed by atoms with Gasteiger partial charge in [0.2, 0.25) is 5.28 Å². The molecule has 0 fully saturated rings. The molecular formula is C12H8Cl2FN3O. The standard InChI is InChI=1S/C12H8Cl2FN3O/c1-6-3-2-4-7(10(6)15)11(19)17-9-5-8(13)16-12(14)18-9/h2-5H,1H3,(H,16,17,18,19). The van der Waals surface area contributed by atoms with Crippen LogP contribution in [-0.4, -0.2) is 15.9 Å². The number of carbonyl (C=O) groups is 1. The topological polar surface area (TPSA) is 54.9 Å². The van der Waals surface area contributed by atoms with E-state index in [-0.39, 0.29) is 21.8 Å². The molecule has 1 aromatic heterocycles. The Bertz CT molecular complexity index is 629. The second kappa shape index (κ2) is 5.50. The van der Waals surface area contributed by atoms with Crippen LogP contribution in [0.3, 0.4) is 0 Å². The van der Waals surface area contributed by atoms with Gasteiger partial charge in [-0.15, -0.1) is 0 Å². The van der Waals surface area contributed by atoms with Gasteiger partial charge in [0.25, 0.3) is 5.91 Å². The Morgan fingerprint density at radius 3 is 2.74 bits per heavy atom. The minimum atomic E-state index is -0.632. The molecule has 0 saturated carbocycles. The molecule has 1 heterocycles. The maximum atomic E-state index is 13.8. The molecule has 0 atom stereocenters. The van der Waals surface area contributed by atoms with Crippen molar-refractivity contribution in [3.8, 4) is 0 Å². The van der Waals surface area contributed by atoms with E-state index in [1.165, 1.54) is 12.1 Å². The fraction of sp³-hybridized carbons (Fsp3) is 0.0833. The first-order valence-corrected chi connectivity index (χ1v) is 5.99. The highest BCUT2D eigenvalue weighted by Crippen LogP contribution is 2.17. The van der Waals surface area contributed by atoms with E-state index < -0.39 is 11.7 Å². The van der Waals surface area contributed by atoms with E-state index >= 15 is 0 Å². The molecule has 19 heavy (non-hydrogen) atoms. The van der Waals surface area contributed by atoms with Gasteiger partial charge in [-0.25, -0.2) is 14.4 Å². The van der Waals surface area contributed by atoms with Crippen LogP contribution in [0, 0.1) is 12.7 Å². The van der Waals surface area contributed by atoms with E-state index in [2.05, 4.69) is 15.3 Å². The number of carbonyl (C=O) groups excluding carboxylic acids is 1. The van der Waals surface area contributed by atoms with Gasteiger partial charge in [-0.1, -0.05) is 23.7 Å². The Morgan fingerprint density at radius 2 is 2.05 bits per heavy atom. The number of nitrogens with zero attached hydrogens (tertiary/aromatic N) is 2. The van der Waals surface area contributed by atoms with Crippen molar-refractivity contribution < 1.29 is 9.18 Å². The molecule has 7 heteroatoms. The molecule has 1 aromatic carbocycles. The molecule has 0 unspecified atom stereocenters. The second-order valence-electron chi connectivity index (χ2n) is 3.74. The van der Waals surface area contributed by atoms with E-state index in [0.717, 1.165) is 0 Å². The molecule has 4 nitrogen and oxygen atoms in total. The molecule has 0 radical (unpaired) electrons. The van der Waals surface area contributed by atoms with E-state index in [0.29, 0.717) is 5.56 Å². The summed E-state index contributed by atoms with van der Waals surface area (Å²) in [4.78, 5) is 19.3. The van der Waals surface area contributed by atoms with Gasteiger partial charge in [0.1, 0.15) is 16.8 Å². The SMILES string of the molecule is Cc1cccc(C(=O)Nc2cc(Cl)nc(Cl)n2)c1F. The van der Waals surface area contributed by atoms with Gasteiger partial charge in [0.05, 0.1) is 5.56 Å². The molecule has 0 saturated heterocycles. The lowest BCUT2D eigenvalue weighted by atomic mass is 10.1. The van der Waals surface area contributed by atoms with Gasteiger partial charge >= 0.3 is 0 Å². The zero-order valence-corrected chi connectivity index (χ0v) is 11.3. The molecule has 0 bridgehead atoms. The first-order valence-electron chi connectivity index (χ1n) is 5.24. The summed E-state index contributed by atoms with van der Waals surface area (Å²) in [6, 6.07) is 5.86. The number of aryl methyl sites for hydroxylation is 1. The van der Waals surface area contributed by atoms with Crippen LogP contribution >= 0.6 is 23.2 Å². The molecule has 98 valence electrons. The number of halogens is 3. The van der Waals surface area contributed by atoms with Crippen molar-refractivity contribution in [2.45, 2.75) is 6.92 Å². The summed E-state index contributed by atoms with van der Waals surface area (Å²) < 4.78 is 13.8. The van der Waals surface area contributed by atoms with Gasteiger partial charge in [0.15, 0.2) is 0 Å². The minimum Gasteiger partial charge on any atom is -0.306 e. The Balaban J connectivity index is 2.28. The van der Waals surface area contributed by atoms with Crippen molar-refractivity contribution >= 4 is 34.9 Å². The lowest BCUT2D eigenvalue weighted by molar-refractivity contribution is 0.102. The monoisotopic (exact) mass is 299 g/mol. The fourth-order valence-corrected chi connectivity index (χ4v) is 1.87. The van der Waals surface area contributed by atoms with Gasteiger partial charge in [-0.05, 0) is 30.2 Å². The van der Waals surface area contributed by atoms with Gasteiger partial charge in [0, 0.05) is 6.07 Å². The molecule has 2 aromatic rings. The minimum absolute atomic E-state index is 0.0779. The number of hydrogen-bond acceptors (Lipinski definition) is 3. The number of amides is 1. The van der Waals surface area contributed by atoms with E-state index in [1.54, 1.807) is 19.1 Å². The second-order valence-corrected chi connectivity index (χ2v) is 4.46. The lowest BCUT2D eigenvalue weighted by Gasteiger charge is -2.07. The molecule has 0 spiro atoms. The Labute approximate surface area is 118 Å². The van der Waals surface area contributed by atoms with Crippen LogP contribution in [0.15, 0.2) is 24.3 Å². The van der Waals surface area contributed by atoms with E-state index in [9.17, 15) is 9.18 Å². The third-order valence-electron chi connectivity index (χ3n) is 2.35. The number of anilines is 1. The quantitative estimate of drug-likeness (QED) is 0.682. The average molecular weight is 300 g/mol.